The van der Waals surface area contributed by atoms with Crippen LogP contribution in [0.5, 0.6) is 0 Å². The molecule has 0 saturated heterocycles. The molecule has 0 aliphatic heterocycles. The first-order chi connectivity index (χ1) is 6.83. The van der Waals surface area contributed by atoms with E-state index in [0.29, 0.717) is 16.2 Å². The molecule has 0 heterocycles. The molecule has 1 heteroatoms. The summed E-state index contributed by atoms with van der Waals surface area (Å²) in [6.07, 6.45) is 6.98. The summed E-state index contributed by atoms with van der Waals surface area (Å²) in [5.41, 5.74) is 7.66. The van der Waals surface area contributed by atoms with Crippen molar-refractivity contribution in [2.75, 3.05) is 6.54 Å². The van der Waals surface area contributed by atoms with Crippen molar-refractivity contribution in [2.24, 2.45) is 27.9 Å². The zero-order chi connectivity index (χ0) is 11.3. The zero-order valence-corrected chi connectivity index (χ0v) is 10.9. The van der Waals surface area contributed by atoms with Crippen molar-refractivity contribution in [2.45, 2.75) is 59.8 Å². The fourth-order valence-corrected chi connectivity index (χ4v) is 3.91. The van der Waals surface area contributed by atoms with Crippen LogP contribution in [0.4, 0.5) is 0 Å². The largest absolute Gasteiger partial charge is 0.330 e. The number of rotatable bonds is 2. The van der Waals surface area contributed by atoms with Crippen molar-refractivity contribution in [1.29, 1.82) is 0 Å². The molecule has 0 amide bonds. The van der Waals surface area contributed by atoms with Crippen LogP contribution in [0, 0.1) is 22.2 Å². The Morgan fingerprint density at radius 3 is 1.87 bits per heavy atom. The minimum atomic E-state index is 0.503. The molecule has 0 bridgehead atoms. The summed E-state index contributed by atoms with van der Waals surface area (Å²) >= 11 is 0. The van der Waals surface area contributed by atoms with Gasteiger partial charge < -0.3 is 5.73 Å². The first-order valence-corrected chi connectivity index (χ1v) is 6.53. The van der Waals surface area contributed by atoms with Gasteiger partial charge in [0.25, 0.3) is 0 Å². The molecule has 1 unspecified atom stereocenters. The minimum absolute atomic E-state index is 0.503. The maximum atomic E-state index is 6.04. The van der Waals surface area contributed by atoms with Gasteiger partial charge in [-0.1, -0.05) is 27.7 Å². The molecule has 0 radical (unpaired) electrons. The molecule has 2 saturated carbocycles. The van der Waals surface area contributed by atoms with Gasteiger partial charge in [0.15, 0.2) is 0 Å². The van der Waals surface area contributed by atoms with Gasteiger partial charge in [-0.05, 0) is 60.8 Å². The molecule has 0 aromatic heterocycles. The summed E-state index contributed by atoms with van der Waals surface area (Å²) in [7, 11) is 0. The lowest BCUT2D eigenvalue weighted by Crippen LogP contribution is -2.34. The van der Waals surface area contributed by atoms with Crippen LogP contribution in [0.1, 0.15) is 59.8 Å². The van der Waals surface area contributed by atoms with Crippen molar-refractivity contribution >= 4 is 0 Å². The van der Waals surface area contributed by atoms with Gasteiger partial charge in [0.05, 0.1) is 0 Å². The highest BCUT2D eigenvalue weighted by Crippen LogP contribution is 2.69. The Morgan fingerprint density at radius 1 is 1.07 bits per heavy atom. The van der Waals surface area contributed by atoms with E-state index < -0.39 is 0 Å². The smallest absolute Gasteiger partial charge is 0.00125 e. The Balaban J connectivity index is 2.02. The van der Waals surface area contributed by atoms with E-state index in [4.69, 9.17) is 5.73 Å². The van der Waals surface area contributed by atoms with Crippen molar-refractivity contribution in [3.63, 3.8) is 0 Å². The Kier molecular flexibility index (Phi) is 2.46. The molecule has 1 atom stereocenters. The normalized spacial score (nSPS) is 39.0. The molecule has 1 nitrogen and oxygen atoms in total. The van der Waals surface area contributed by atoms with Gasteiger partial charge >= 0.3 is 0 Å². The van der Waals surface area contributed by atoms with Crippen molar-refractivity contribution in [3.8, 4) is 0 Å². The zero-order valence-electron chi connectivity index (χ0n) is 10.9. The van der Waals surface area contributed by atoms with Crippen LogP contribution in [-0.4, -0.2) is 6.54 Å². The predicted octanol–water partition coefficient (Wildman–Crippen LogP) is 3.58. The second-order valence-corrected chi connectivity index (χ2v) is 7.36. The highest BCUT2D eigenvalue weighted by atomic mass is 14.8. The van der Waals surface area contributed by atoms with Crippen LogP contribution in [0.25, 0.3) is 0 Å². The SMILES string of the molecule is CC1(C)CCC(C2(CN)CC2(C)C)CC1. The molecular formula is C14H27N. The number of hydrogen-bond acceptors (Lipinski definition) is 1. The molecule has 2 fully saturated rings. The van der Waals surface area contributed by atoms with Crippen molar-refractivity contribution in [1.82, 2.24) is 0 Å². The Hall–Kier alpha value is -0.0400. The molecular weight excluding hydrogens is 182 g/mol. The summed E-state index contributed by atoms with van der Waals surface area (Å²) in [5, 5.41) is 0. The van der Waals surface area contributed by atoms with E-state index >= 15 is 0 Å². The fraction of sp³-hybridized carbons (Fsp3) is 1.00. The Labute approximate surface area is 94.8 Å². The third-order valence-electron chi connectivity index (χ3n) is 5.47. The van der Waals surface area contributed by atoms with Crippen LogP contribution in [-0.2, 0) is 0 Å². The fourth-order valence-electron chi connectivity index (χ4n) is 3.91. The molecule has 2 aliphatic carbocycles. The quantitative estimate of drug-likeness (QED) is 0.739. The predicted molar refractivity (Wildman–Crippen MR) is 65.6 cm³/mol. The maximum absolute atomic E-state index is 6.04. The molecule has 0 aromatic carbocycles. The van der Waals surface area contributed by atoms with E-state index in [9.17, 15) is 0 Å². The molecule has 0 spiro atoms. The number of hydrogen-bond donors (Lipinski definition) is 1. The second kappa shape index (κ2) is 3.23. The standard InChI is InChI=1S/C14H27N/c1-12(2)7-5-11(6-8-12)14(10-15)9-13(14,3)4/h11H,5-10,15H2,1-4H3. The third kappa shape index (κ3) is 1.73. The van der Waals surface area contributed by atoms with E-state index in [1.165, 1.54) is 32.1 Å². The highest BCUT2D eigenvalue weighted by Gasteiger charge is 2.63. The van der Waals surface area contributed by atoms with E-state index in [2.05, 4.69) is 27.7 Å². The first-order valence-electron chi connectivity index (χ1n) is 6.53. The van der Waals surface area contributed by atoms with Gasteiger partial charge in [-0.2, -0.15) is 0 Å². The lowest BCUT2D eigenvalue weighted by atomic mass is 9.66. The minimum Gasteiger partial charge on any atom is -0.330 e. The van der Waals surface area contributed by atoms with E-state index in [1.54, 1.807) is 0 Å². The average Bonchev–Trinajstić information content (AvgIpc) is 2.70. The molecule has 0 aromatic rings. The van der Waals surface area contributed by atoms with Gasteiger partial charge in [-0.25, -0.2) is 0 Å². The monoisotopic (exact) mass is 209 g/mol. The lowest BCUT2D eigenvalue weighted by Gasteiger charge is -2.39. The van der Waals surface area contributed by atoms with Crippen LogP contribution in [0.3, 0.4) is 0 Å². The third-order valence-corrected chi connectivity index (χ3v) is 5.47. The lowest BCUT2D eigenvalue weighted by molar-refractivity contribution is 0.120. The van der Waals surface area contributed by atoms with Gasteiger partial charge in [0.1, 0.15) is 0 Å². The van der Waals surface area contributed by atoms with Crippen molar-refractivity contribution < 1.29 is 0 Å². The van der Waals surface area contributed by atoms with Crippen LogP contribution in [0.15, 0.2) is 0 Å². The van der Waals surface area contributed by atoms with Gasteiger partial charge in [0.2, 0.25) is 0 Å². The first kappa shape index (κ1) is 11.4. The Morgan fingerprint density at radius 2 is 1.53 bits per heavy atom. The van der Waals surface area contributed by atoms with E-state index in [1.807, 2.05) is 0 Å². The topological polar surface area (TPSA) is 26.0 Å². The Bertz CT molecular complexity index is 244. The second-order valence-electron chi connectivity index (χ2n) is 7.36. The summed E-state index contributed by atoms with van der Waals surface area (Å²) < 4.78 is 0. The highest BCUT2D eigenvalue weighted by molar-refractivity contribution is 5.13. The summed E-state index contributed by atoms with van der Waals surface area (Å²) in [5.74, 6) is 0.908. The average molecular weight is 209 g/mol. The van der Waals surface area contributed by atoms with E-state index in [-0.39, 0.29) is 0 Å². The number of nitrogens with two attached hydrogens (primary N) is 1. The van der Waals surface area contributed by atoms with Crippen molar-refractivity contribution in [3.05, 3.63) is 0 Å². The van der Waals surface area contributed by atoms with Crippen LogP contribution >= 0.6 is 0 Å². The summed E-state index contributed by atoms with van der Waals surface area (Å²) in [6, 6.07) is 0. The molecule has 88 valence electrons. The van der Waals surface area contributed by atoms with E-state index in [0.717, 1.165) is 12.5 Å². The summed E-state index contributed by atoms with van der Waals surface area (Å²) in [6.45, 7) is 10.5. The van der Waals surface area contributed by atoms with Gasteiger partial charge in [0, 0.05) is 0 Å². The summed E-state index contributed by atoms with van der Waals surface area (Å²) in [4.78, 5) is 0. The molecule has 2 aliphatic rings. The van der Waals surface area contributed by atoms with Crippen LogP contribution < -0.4 is 5.73 Å². The molecule has 2 rings (SSSR count). The van der Waals surface area contributed by atoms with Gasteiger partial charge in [-0.3, -0.25) is 0 Å². The maximum Gasteiger partial charge on any atom is -0.00125 e. The van der Waals surface area contributed by atoms with Gasteiger partial charge in [-0.15, -0.1) is 0 Å². The molecule has 15 heavy (non-hydrogen) atoms. The molecule has 2 N–H and O–H groups in total. The van der Waals surface area contributed by atoms with Crippen LogP contribution in [0.2, 0.25) is 0 Å².